The maximum Gasteiger partial charge on any atom is 0.335 e. The van der Waals surface area contributed by atoms with Gasteiger partial charge in [-0.05, 0) is 18.2 Å². The summed E-state index contributed by atoms with van der Waals surface area (Å²) in [4.78, 5) is 10.6. The topological polar surface area (TPSA) is 115 Å². The molecule has 0 spiro atoms. The number of aliphatic hydroxyl groups excluding tert-OH is 2. The van der Waals surface area contributed by atoms with E-state index in [1.807, 2.05) is 0 Å². The van der Waals surface area contributed by atoms with E-state index in [2.05, 4.69) is 0 Å². The van der Waals surface area contributed by atoms with Crippen LogP contribution in [0, 0.1) is 0 Å². The standard InChI is InChI=1S/C11H15NO6S/c1-12(6-9(14)7-13)19(17,18)10-4-2-3-8(5-10)11(15)16/h2-5,9,13-14H,6-7H2,1H3,(H,15,16). The van der Waals surface area contributed by atoms with Crippen LogP contribution in [0.3, 0.4) is 0 Å². The molecule has 0 saturated heterocycles. The monoisotopic (exact) mass is 289 g/mol. The molecule has 7 nitrogen and oxygen atoms in total. The molecule has 1 aromatic carbocycles. The average molecular weight is 289 g/mol. The molecule has 0 amide bonds. The molecule has 106 valence electrons. The van der Waals surface area contributed by atoms with Crippen molar-refractivity contribution in [2.24, 2.45) is 0 Å². The molecule has 1 atom stereocenters. The van der Waals surface area contributed by atoms with E-state index in [0.717, 1.165) is 10.4 Å². The second kappa shape index (κ2) is 6.11. The maximum atomic E-state index is 12.1. The number of carboxylic acid groups (broad SMARTS) is 1. The van der Waals surface area contributed by atoms with E-state index in [4.69, 9.17) is 10.2 Å². The minimum atomic E-state index is -3.90. The van der Waals surface area contributed by atoms with Crippen molar-refractivity contribution >= 4 is 16.0 Å². The molecular formula is C11H15NO6S. The summed E-state index contributed by atoms with van der Waals surface area (Å²) >= 11 is 0. The summed E-state index contributed by atoms with van der Waals surface area (Å²) in [6, 6.07) is 4.92. The molecule has 19 heavy (non-hydrogen) atoms. The third kappa shape index (κ3) is 3.74. The third-order valence-electron chi connectivity index (χ3n) is 2.47. The maximum absolute atomic E-state index is 12.1. The lowest BCUT2D eigenvalue weighted by Crippen LogP contribution is -2.35. The molecule has 1 aromatic rings. The second-order valence-electron chi connectivity index (χ2n) is 3.95. The number of rotatable bonds is 6. The Labute approximate surface area is 110 Å². The summed E-state index contributed by atoms with van der Waals surface area (Å²) in [6.45, 7) is -0.842. The molecule has 0 radical (unpaired) electrons. The molecule has 0 aliphatic rings. The van der Waals surface area contributed by atoms with Gasteiger partial charge >= 0.3 is 5.97 Å². The highest BCUT2D eigenvalue weighted by atomic mass is 32.2. The van der Waals surface area contributed by atoms with Gasteiger partial charge in [0.2, 0.25) is 10.0 Å². The van der Waals surface area contributed by atoms with Gasteiger partial charge in [-0.15, -0.1) is 0 Å². The van der Waals surface area contributed by atoms with Crippen molar-refractivity contribution in [3.8, 4) is 0 Å². The molecule has 0 heterocycles. The molecule has 0 bridgehead atoms. The number of hydrogen-bond acceptors (Lipinski definition) is 5. The first-order valence-electron chi connectivity index (χ1n) is 5.37. The van der Waals surface area contributed by atoms with Crippen LogP contribution in [-0.4, -0.2) is 60.3 Å². The van der Waals surface area contributed by atoms with Crippen LogP contribution in [0.5, 0.6) is 0 Å². The van der Waals surface area contributed by atoms with Crippen LogP contribution in [0.25, 0.3) is 0 Å². The van der Waals surface area contributed by atoms with Crippen molar-refractivity contribution in [2.45, 2.75) is 11.0 Å². The van der Waals surface area contributed by atoms with E-state index in [-0.39, 0.29) is 17.0 Å². The zero-order valence-corrected chi connectivity index (χ0v) is 11.0. The van der Waals surface area contributed by atoms with E-state index in [1.54, 1.807) is 0 Å². The molecule has 0 fully saturated rings. The minimum Gasteiger partial charge on any atom is -0.478 e. The third-order valence-corrected chi connectivity index (χ3v) is 4.29. The van der Waals surface area contributed by atoms with Crippen LogP contribution in [0.2, 0.25) is 0 Å². The van der Waals surface area contributed by atoms with Crippen LogP contribution < -0.4 is 0 Å². The summed E-state index contributed by atoms with van der Waals surface area (Å²) in [5.74, 6) is -1.23. The Kier molecular flexibility index (Phi) is 5.01. The highest BCUT2D eigenvalue weighted by Gasteiger charge is 2.23. The number of nitrogens with zero attached hydrogens (tertiary/aromatic N) is 1. The van der Waals surface area contributed by atoms with Crippen molar-refractivity contribution in [3.05, 3.63) is 29.8 Å². The predicted octanol–water partition coefficient (Wildman–Crippen LogP) is -0.641. The molecular weight excluding hydrogens is 274 g/mol. The molecule has 8 heteroatoms. The number of hydrogen-bond donors (Lipinski definition) is 3. The molecule has 1 rings (SSSR count). The fraction of sp³-hybridized carbons (Fsp3) is 0.364. The Balaban J connectivity index is 3.06. The summed E-state index contributed by atoms with van der Waals surface area (Å²) in [5.41, 5.74) is -0.141. The van der Waals surface area contributed by atoms with E-state index in [0.29, 0.717) is 0 Å². The van der Waals surface area contributed by atoms with Crippen molar-refractivity contribution in [3.63, 3.8) is 0 Å². The lowest BCUT2D eigenvalue weighted by Gasteiger charge is -2.19. The molecule has 3 N–H and O–H groups in total. The fourth-order valence-electron chi connectivity index (χ4n) is 1.42. The summed E-state index contributed by atoms with van der Waals surface area (Å²) < 4.78 is 25.1. The van der Waals surface area contributed by atoms with Gasteiger partial charge in [-0.25, -0.2) is 13.2 Å². The normalized spacial score (nSPS) is 13.5. The molecule has 0 saturated carbocycles. The van der Waals surface area contributed by atoms with Crippen molar-refractivity contribution < 1.29 is 28.5 Å². The van der Waals surface area contributed by atoms with Gasteiger partial charge in [-0.2, -0.15) is 4.31 Å². The van der Waals surface area contributed by atoms with Gasteiger partial charge in [0.25, 0.3) is 0 Å². The lowest BCUT2D eigenvalue weighted by atomic mass is 10.2. The van der Waals surface area contributed by atoms with Crippen LogP contribution >= 0.6 is 0 Å². The van der Waals surface area contributed by atoms with Gasteiger partial charge < -0.3 is 15.3 Å². The van der Waals surface area contributed by atoms with Gasteiger partial charge in [-0.1, -0.05) is 6.07 Å². The molecule has 0 aliphatic carbocycles. The van der Waals surface area contributed by atoms with E-state index in [1.165, 1.54) is 25.2 Å². The fourth-order valence-corrected chi connectivity index (χ4v) is 2.68. The van der Waals surface area contributed by atoms with E-state index < -0.39 is 28.7 Å². The smallest absolute Gasteiger partial charge is 0.335 e. The van der Waals surface area contributed by atoms with Crippen LogP contribution in [0.4, 0.5) is 0 Å². The number of aliphatic hydroxyl groups is 2. The first-order chi connectivity index (χ1) is 8.78. The Morgan fingerprint density at radius 1 is 1.42 bits per heavy atom. The zero-order valence-electron chi connectivity index (χ0n) is 10.2. The van der Waals surface area contributed by atoms with Gasteiger partial charge in [0.15, 0.2) is 0 Å². The predicted molar refractivity (Wildman–Crippen MR) is 66.3 cm³/mol. The first-order valence-corrected chi connectivity index (χ1v) is 6.81. The second-order valence-corrected chi connectivity index (χ2v) is 6.00. The Hall–Kier alpha value is -1.48. The van der Waals surface area contributed by atoms with Crippen LogP contribution in [-0.2, 0) is 10.0 Å². The van der Waals surface area contributed by atoms with E-state index in [9.17, 15) is 18.3 Å². The number of likely N-dealkylation sites (N-methyl/N-ethyl adjacent to an activating group) is 1. The van der Waals surface area contributed by atoms with Crippen molar-refractivity contribution in [2.75, 3.05) is 20.2 Å². The summed E-state index contributed by atoms with van der Waals surface area (Å²) in [5, 5.41) is 26.7. The van der Waals surface area contributed by atoms with Crippen LogP contribution in [0.1, 0.15) is 10.4 Å². The number of carboxylic acids is 1. The first kappa shape index (κ1) is 15.6. The van der Waals surface area contributed by atoms with E-state index >= 15 is 0 Å². The molecule has 0 aliphatic heterocycles. The number of benzene rings is 1. The van der Waals surface area contributed by atoms with Crippen molar-refractivity contribution in [1.82, 2.24) is 4.31 Å². The lowest BCUT2D eigenvalue weighted by molar-refractivity contribution is 0.0696. The van der Waals surface area contributed by atoms with Gasteiger partial charge in [-0.3, -0.25) is 0 Å². The SMILES string of the molecule is CN(CC(O)CO)S(=O)(=O)c1cccc(C(=O)O)c1. The molecule has 0 aromatic heterocycles. The highest BCUT2D eigenvalue weighted by Crippen LogP contribution is 2.16. The Morgan fingerprint density at radius 2 is 2.05 bits per heavy atom. The number of aromatic carboxylic acids is 1. The molecule has 1 unspecified atom stereocenters. The van der Waals surface area contributed by atoms with Gasteiger partial charge in [0, 0.05) is 13.6 Å². The van der Waals surface area contributed by atoms with Gasteiger partial charge in [0.05, 0.1) is 23.2 Å². The summed E-state index contributed by atoms with van der Waals surface area (Å²) in [7, 11) is -2.66. The minimum absolute atomic E-state index is 0.141. The highest BCUT2D eigenvalue weighted by molar-refractivity contribution is 7.89. The Morgan fingerprint density at radius 3 is 2.58 bits per heavy atom. The average Bonchev–Trinajstić information content (AvgIpc) is 2.38. The number of sulfonamides is 1. The largest absolute Gasteiger partial charge is 0.478 e. The van der Waals surface area contributed by atoms with Crippen molar-refractivity contribution in [1.29, 1.82) is 0 Å². The van der Waals surface area contributed by atoms with Crippen LogP contribution in [0.15, 0.2) is 29.2 Å². The summed E-state index contributed by atoms with van der Waals surface area (Å²) in [6.07, 6.45) is -1.19. The van der Waals surface area contributed by atoms with Gasteiger partial charge in [0.1, 0.15) is 0 Å². The quantitative estimate of drug-likeness (QED) is 0.641. The number of carbonyl (C=O) groups is 1. The Bertz CT molecular complexity index is 556. The zero-order chi connectivity index (χ0) is 14.6.